The van der Waals surface area contributed by atoms with E-state index in [1.807, 2.05) is 24.3 Å². The number of carbonyl (C=O) groups is 1. The van der Waals surface area contributed by atoms with E-state index in [2.05, 4.69) is 43.3 Å². The normalized spacial score (nSPS) is 11.0. The van der Waals surface area contributed by atoms with Crippen LogP contribution in [0.5, 0.6) is 0 Å². The molecular weight excluding hydrogens is 340 g/mol. The molecule has 3 heteroatoms. The predicted octanol–water partition coefficient (Wildman–Crippen LogP) is 6.17. The number of carboxylic acid groups (broad SMARTS) is 1. The molecule has 0 saturated carbocycles. The summed E-state index contributed by atoms with van der Waals surface area (Å²) in [4.78, 5) is 12.5. The van der Waals surface area contributed by atoms with E-state index < -0.39 is 5.97 Å². The molecule has 0 bridgehead atoms. The molecule has 0 atom stereocenters. The SMILES string of the molecule is Cc1sc2ccc(C(=O)O)cc2c1Cc1ccc(-c2ccccc2)cc1. The van der Waals surface area contributed by atoms with E-state index in [9.17, 15) is 9.90 Å². The van der Waals surface area contributed by atoms with Crippen LogP contribution in [0.2, 0.25) is 0 Å². The Labute approximate surface area is 156 Å². The zero-order chi connectivity index (χ0) is 18.1. The number of hydrogen-bond acceptors (Lipinski definition) is 2. The summed E-state index contributed by atoms with van der Waals surface area (Å²) in [7, 11) is 0. The molecule has 26 heavy (non-hydrogen) atoms. The second kappa shape index (κ2) is 6.77. The summed E-state index contributed by atoms with van der Waals surface area (Å²) < 4.78 is 1.14. The number of rotatable bonds is 4. The maximum atomic E-state index is 11.3. The minimum Gasteiger partial charge on any atom is -0.478 e. The average molecular weight is 358 g/mol. The second-order valence-corrected chi connectivity index (χ2v) is 7.65. The van der Waals surface area contributed by atoms with E-state index in [0.29, 0.717) is 5.56 Å². The van der Waals surface area contributed by atoms with Crippen LogP contribution >= 0.6 is 11.3 Å². The lowest BCUT2D eigenvalue weighted by Gasteiger charge is -2.06. The molecule has 0 amide bonds. The van der Waals surface area contributed by atoms with Crippen molar-refractivity contribution in [2.24, 2.45) is 0 Å². The highest BCUT2D eigenvalue weighted by molar-refractivity contribution is 7.19. The smallest absolute Gasteiger partial charge is 0.335 e. The maximum Gasteiger partial charge on any atom is 0.335 e. The fraction of sp³-hybridized carbons (Fsp3) is 0.0870. The molecule has 0 aliphatic rings. The summed E-state index contributed by atoms with van der Waals surface area (Å²) in [5.74, 6) is -0.881. The van der Waals surface area contributed by atoms with Crippen LogP contribution in [0.3, 0.4) is 0 Å². The van der Waals surface area contributed by atoms with Gasteiger partial charge in [0.05, 0.1) is 5.56 Å². The van der Waals surface area contributed by atoms with Gasteiger partial charge in [0.15, 0.2) is 0 Å². The third-order valence-corrected chi connectivity index (χ3v) is 5.81. The number of aryl methyl sites for hydroxylation is 1. The molecule has 1 heterocycles. The summed E-state index contributed by atoms with van der Waals surface area (Å²) in [6.07, 6.45) is 0.809. The van der Waals surface area contributed by atoms with Crippen molar-refractivity contribution in [3.05, 3.63) is 94.4 Å². The molecule has 0 saturated heterocycles. The number of hydrogen-bond donors (Lipinski definition) is 1. The van der Waals surface area contributed by atoms with Crippen molar-refractivity contribution in [3.8, 4) is 11.1 Å². The van der Waals surface area contributed by atoms with Gasteiger partial charge in [-0.3, -0.25) is 0 Å². The highest BCUT2D eigenvalue weighted by atomic mass is 32.1. The van der Waals surface area contributed by atoms with E-state index >= 15 is 0 Å². The van der Waals surface area contributed by atoms with E-state index in [1.54, 1.807) is 23.5 Å². The van der Waals surface area contributed by atoms with Gasteiger partial charge < -0.3 is 5.11 Å². The lowest BCUT2D eigenvalue weighted by Crippen LogP contribution is -1.95. The molecule has 1 aromatic heterocycles. The predicted molar refractivity (Wildman–Crippen MR) is 108 cm³/mol. The Morgan fingerprint density at radius 1 is 0.923 bits per heavy atom. The van der Waals surface area contributed by atoms with E-state index in [1.165, 1.54) is 27.1 Å². The summed E-state index contributed by atoms with van der Waals surface area (Å²) in [5.41, 5.74) is 5.21. The van der Waals surface area contributed by atoms with Crippen molar-refractivity contribution in [3.63, 3.8) is 0 Å². The first-order valence-corrected chi connectivity index (χ1v) is 9.33. The molecule has 1 N–H and O–H groups in total. The fourth-order valence-electron chi connectivity index (χ4n) is 3.27. The first-order chi connectivity index (χ1) is 12.6. The van der Waals surface area contributed by atoms with Crippen molar-refractivity contribution >= 4 is 27.4 Å². The van der Waals surface area contributed by atoms with Gasteiger partial charge in [0.25, 0.3) is 0 Å². The Hall–Kier alpha value is -2.91. The van der Waals surface area contributed by atoms with Crippen LogP contribution < -0.4 is 0 Å². The molecule has 128 valence electrons. The number of benzene rings is 3. The van der Waals surface area contributed by atoms with Crippen LogP contribution in [0.25, 0.3) is 21.2 Å². The van der Waals surface area contributed by atoms with Crippen LogP contribution in [0.4, 0.5) is 0 Å². The number of aromatic carboxylic acids is 1. The Balaban J connectivity index is 1.67. The van der Waals surface area contributed by atoms with Crippen molar-refractivity contribution in [1.29, 1.82) is 0 Å². The molecule has 0 radical (unpaired) electrons. The van der Waals surface area contributed by atoms with Crippen LogP contribution in [0.1, 0.15) is 26.4 Å². The summed E-state index contributed by atoms with van der Waals surface area (Å²) in [6.45, 7) is 2.11. The molecule has 3 aromatic carbocycles. The van der Waals surface area contributed by atoms with Gasteiger partial charge in [0, 0.05) is 9.58 Å². The molecular formula is C23H18O2S. The van der Waals surface area contributed by atoms with Gasteiger partial charge in [-0.15, -0.1) is 11.3 Å². The lowest BCUT2D eigenvalue weighted by atomic mass is 9.98. The largest absolute Gasteiger partial charge is 0.478 e. The van der Waals surface area contributed by atoms with Gasteiger partial charge in [-0.05, 0) is 59.2 Å². The highest BCUT2D eigenvalue weighted by Crippen LogP contribution is 2.33. The minimum atomic E-state index is -0.881. The maximum absolute atomic E-state index is 11.3. The van der Waals surface area contributed by atoms with Crippen molar-refractivity contribution in [2.75, 3.05) is 0 Å². The van der Waals surface area contributed by atoms with Gasteiger partial charge in [-0.2, -0.15) is 0 Å². The molecule has 0 aliphatic carbocycles. The van der Waals surface area contributed by atoms with Crippen LogP contribution in [-0.4, -0.2) is 11.1 Å². The summed E-state index contributed by atoms with van der Waals surface area (Å²) >= 11 is 1.73. The molecule has 2 nitrogen and oxygen atoms in total. The van der Waals surface area contributed by atoms with Gasteiger partial charge in [0.1, 0.15) is 0 Å². The summed E-state index contributed by atoms with van der Waals surface area (Å²) in [5, 5.41) is 10.3. The van der Waals surface area contributed by atoms with Crippen molar-refractivity contribution in [2.45, 2.75) is 13.3 Å². The number of fused-ring (bicyclic) bond motifs is 1. The van der Waals surface area contributed by atoms with Crippen LogP contribution in [0.15, 0.2) is 72.8 Å². The second-order valence-electron chi connectivity index (χ2n) is 6.39. The van der Waals surface area contributed by atoms with Gasteiger partial charge in [-0.1, -0.05) is 54.6 Å². The number of carboxylic acids is 1. The Morgan fingerprint density at radius 2 is 1.62 bits per heavy atom. The summed E-state index contributed by atoms with van der Waals surface area (Å²) in [6, 6.07) is 24.3. The zero-order valence-corrected chi connectivity index (χ0v) is 15.2. The molecule has 4 rings (SSSR count). The highest BCUT2D eigenvalue weighted by Gasteiger charge is 2.12. The zero-order valence-electron chi connectivity index (χ0n) is 14.4. The van der Waals surface area contributed by atoms with E-state index in [4.69, 9.17) is 0 Å². The third-order valence-electron chi connectivity index (χ3n) is 4.68. The number of thiophene rings is 1. The average Bonchev–Trinajstić information content (AvgIpc) is 2.98. The molecule has 0 unspecified atom stereocenters. The van der Waals surface area contributed by atoms with Crippen molar-refractivity contribution in [1.82, 2.24) is 0 Å². The fourth-order valence-corrected chi connectivity index (χ4v) is 4.34. The van der Waals surface area contributed by atoms with E-state index in [-0.39, 0.29) is 0 Å². The van der Waals surface area contributed by atoms with Gasteiger partial charge >= 0.3 is 5.97 Å². The first kappa shape index (κ1) is 16.6. The van der Waals surface area contributed by atoms with Gasteiger partial charge in [-0.25, -0.2) is 4.79 Å². The molecule has 0 aliphatic heterocycles. The quantitative estimate of drug-likeness (QED) is 0.474. The topological polar surface area (TPSA) is 37.3 Å². The van der Waals surface area contributed by atoms with Crippen LogP contribution in [0, 0.1) is 6.92 Å². The lowest BCUT2D eigenvalue weighted by molar-refractivity contribution is 0.0697. The van der Waals surface area contributed by atoms with Crippen LogP contribution in [-0.2, 0) is 6.42 Å². The Bertz CT molecular complexity index is 1080. The monoisotopic (exact) mass is 358 g/mol. The molecule has 4 aromatic rings. The Morgan fingerprint density at radius 3 is 2.31 bits per heavy atom. The third kappa shape index (κ3) is 3.14. The Kier molecular flexibility index (Phi) is 4.31. The van der Waals surface area contributed by atoms with Gasteiger partial charge in [0.2, 0.25) is 0 Å². The van der Waals surface area contributed by atoms with Crippen molar-refractivity contribution < 1.29 is 9.90 Å². The molecule has 0 fully saturated rings. The standard InChI is InChI=1S/C23H18O2S/c1-15-20(21-14-19(23(24)25)11-12-22(21)26-15)13-16-7-9-18(10-8-16)17-5-3-2-4-6-17/h2-12,14H,13H2,1H3,(H,24,25). The minimum absolute atomic E-state index is 0.343. The molecule has 0 spiro atoms. The first-order valence-electron chi connectivity index (χ1n) is 8.51. The van der Waals surface area contributed by atoms with E-state index in [0.717, 1.165) is 16.5 Å².